The lowest BCUT2D eigenvalue weighted by Crippen LogP contribution is -2.33. The molecular formula is C19H33NO5. The molecule has 6 nitrogen and oxygen atoms in total. The van der Waals surface area contributed by atoms with Crippen molar-refractivity contribution in [3.8, 4) is 0 Å². The molecule has 0 spiro atoms. The summed E-state index contributed by atoms with van der Waals surface area (Å²) < 4.78 is 9.70. The topological polar surface area (TPSA) is 76.1 Å². The molecule has 0 unspecified atom stereocenters. The monoisotopic (exact) mass is 355 g/mol. The first-order valence-electron chi connectivity index (χ1n) is 9.38. The molecule has 0 bridgehead atoms. The van der Waals surface area contributed by atoms with Gasteiger partial charge < -0.3 is 19.5 Å². The zero-order valence-electron chi connectivity index (χ0n) is 15.6. The Morgan fingerprint density at radius 3 is 2.88 bits per heavy atom. The molecule has 1 saturated heterocycles. The summed E-state index contributed by atoms with van der Waals surface area (Å²) in [5, 5.41) is 9.98. The SMILES string of the molecule is CCCCC[C@H](O)/C=C/[C@H]1CCC(=O)N1CCCCOCC(=O)OC. The van der Waals surface area contributed by atoms with Crippen molar-refractivity contribution >= 4 is 11.9 Å². The number of rotatable bonds is 13. The van der Waals surface area contributed by atoms with E-state index in [0.29, 0.717) is 19.6 Å². The number of amides is 1. The quantitative estimate of drug-likeness (QED) is 0.312. The van der Waals surface area contributed by atoms with Crippen LogP contribution in [0, 0.1) is 0 Å². The highest BCUT2D eigenvalue weighted by Gasteiger charge is 2.28. The molecule has 1 amide bonds. The average molecular weight is 355 g/mol. The van der Waals surface area contributed by atoms with Crippen LogP contribution in [0.15, 0.2) is 12.2 Å². The minimum atomic E-state index is -0.421. The van der Waals surface area contributed by atoms with Crippen molar-refractivity contribution in [3.05, 3.63) is 12.2 Å². The zero-order valence-corrected chi connectivity index (χ0v) is 15.6. The number of nitrogens with zero attached hydrogens (tertiary/aromatic N) is 1. The third-order valence-corrected chi connectivity index (χ3v) is 4.42. The molecule has 0 radical (unpaired) electrons. The van der Waals surface area contributed by atoms with Gasteiger partial charge in [0.2, 0.25) is 5.91 Å². The van der Waals surface area contributed by atoms with E-state index < -0.39 is 6.10 Å². The van der Waals surface area contributed by atoms with Crippen LogP contribution in [-0.2, 0) is 19.1 Å². The van der Waals surface area contributed by atoms with Gasteiger partial charge in [0.25, 0.3) is 0 Å². The van der Waals surface area contributed by atoms with Crippen LogP contribution in [0.4, 0.5) is 0 Å². The van der Waals surface area contributed by atoms with E-state index in [9.17, 15) is 14.7 Å². The fraction of sp³-hybridized carbons (Fsp3) is 0.789. The fourth-order valence-corrected chi connectivity index (χ4v) is 2.90. The Morgan fingerprint density at radius 2 is 2.16 bits per heavy atom. The van der Waals surface area contributed by atoms with Crippen molar-refractivity contribution < 1.29 is 24.2 Å². The van der Waals surface area contributed by atoms with Gasteiger partial charge in [-0.15, -0.1) is 0 Å². The summed E-state index contributed by atoms with van der Waals surface area (Å²) in [6, 6.07) is 0.0873. The molecule has 0 saturated carbocycles. The number of methoxy groups -OCH3 is 1. The maximum absolute atomic E-state index is 12.0. The molecule has 1 N–H and O–H groups in total. The van der Waals surface area contributed by atoms with Crippen LogP contribution in [0.1, 0.15) is 58.3 Å². The number of unbranched alkanes of at least 4 members (excludes halogenated alkanes) is 3. The Kier molecular flexibility index (Phi) is 11.2. The summed E-state index contributed by atoms with van der Waals surface area (Å²) in [6.45, 7) is 3.28. The molecule has 1 fully saturated rings. The highest BCUT2D eigenvalue weighted by molar-refractivity contribution is 5.79. The lowest BCUT2D eigenvalue weighted by atomic mass is 10.1. The molecule has 25 heavy (non-hydrogen) atoms. The molecule has 0 aliphatic carbocycles. The molecule has 6 heteroatoms. The number of esters is 1. The Labute approximate surface area is 151 Å². The molecule has 144 valence electrons. The third-order valence-electron chi connectivity index (χ3n) is 4.42. The normalized spacial score (nSPS) is 18.9. The van der Waals surface area contributed by atoms with Gasteiger partial charge >= 0.3 is 5.97 Å². The predicted octanol–water partition coefficient (Wildman–Crippen LogP) is 2.44. The molecule has 1 rings (SSSR count). The largest absolute Gasteiger partial charge is 0.467 e. The van der Waals surface area contributed by atoms with E-state index in [4.69, 9.17) is 4.74 Å². The van der Waals surface area contributed by atoms with Crippen LogP contribution in [0.25, 0.3) is 0 Å². The van der Waals surface area contributed by atoms with E-state index in [1.807, 2.05) is 17.1 Å². The van der Waals surface area contributed by atoms with Gasteiger partial charge in [-0.05, 0) is 25.7 Å². The summed E-state index contributed by atoms with van der Waals surface area (Å²) in [5.74, 6) is -0.206. The summed E-state index contributed by atoms with van der Waals surface area (Å²) >= 11 is 0. The van der Waals surface area contributed by atoms with Gasteiger partial charge in [0, 0.05) is 19.6 Å². The maximum Gasteiger partial charge on any atom is 0.331 e. The van der Waals surface area contributed by atoms with Crippen molar-refractivity contribution in [1.82, 2.24) is 4.90 Å². The molecule has 0 aromatic carbocycles. The molecular weight excluding hydrogens is 322 g/mol. The second-order valence-electron chi connectivity index (χ2n) is 6.48. The molecule has 0 aromatic heterocycles. The summed E-state index contributed by atoms with van der Waals surface area (Å²) in [7, 11) is 1.33. The number of aliphatic hydroxyl groups is 1. The molecule has 1 aliphatic rings. The summed E-state index contributed by atoms with van der Waals surface area (Å²) in [4.78, 5) is 24.8. The highest BCUT2D eigenvalue weighted by atomic mass is 16.6. The van der Waals surface area contributed by atoms with Gasteiger partial charge in [-0.1, -0.05) is 38.3 Å². The minimum Gasteiger partial charge on any atom is -0.467 e. The van der Waals surface area contributed by atoms with Crippen LogP contribution in [-0.4, -0.2) is 60.9 Å². The number of hydrogen-bond donors (Lipinski definition) is 1. The number of hydrogen-bond acceptors (Lipinski definition) is 5. The van der Waals surface area contributed by atoms with Gasteiger partial charge in [0.05, 0.1) is 19.3 Å². The highest BCUT2D eigenvalue weighted by Crippen LogP contribution is 2.21. The minimum absolute atomic E-state index is 0.0274. The Balaban J connectivity index is 2.26. The summed E-state index contributed by atoms with van der Waals surface area (Å²) in [5.41, 5.74) is 0. The van der Waals surface area contributed by atoms with E-state index in [1.54, 1.807) is 0 Å². The second kappa shape index (κ2) is 12.9. The number of aliphatic hydroxyl groups excluding tert-OH is 1. The van der Waals surface area contributed by atoms with E-state index in [-0.39, 0.29) is 24.5 Å². The van der Waals surface area contributed by atoms with Crippen molar-refractivity contribution in [2.75, 3.05) is 26.9 Å². The van der Waals surface area contributed by atoms with Gasteiger partial charge in [-0.3, -0.25) is 4.79 Å². The average Bonchev–Trinajstić information content (AvgIpc) is 2.96. The molecule has 1 aliphatic heterocycles. The van der Waals surface area contributed by atoms with Crippen LogP contribution >= 0.6 is 0 Å². The van der Waals surface area contributed by atoms with Crippen LogP contribution in [0.5, 0.6) is 0 Å². The van der Waals surface area contributed by atoms with E-state index >= 15 is 0 Å². The molecule has 2 atom stereocenters. The van der Waals surface area contributed by atoms with Gasteiger partial charge in [0.15, 0.2) is 0 Å². The number of likely N-dealkylation sites (tertiary alicyclic amines) is 1. The Bertz CT molecular complexity index is 424. The van der Waals surface area contributed by atoms with Crippen molar-refractivity contribution in [1.29, 1.82) is 0 Å². The first-order chi connectivity index (χ1) is 12.1. The Hall–Kier alpha value is -1.40. The lowest BCUT2D eigenvalue weighted by molar-refractivity contribution is -0.145. The zero-order chi connectivity index (χ0) is 18.5. The maximum atomic E-state index is 12.0. The number of carbonyl (C=O) groups excluding carboxylic acids is 2. The van der Waals surface area contributed by atoms with Crippen molar-refractivity contribution in [2.45, 2.75) is 70.4 Å². The Morgan fingerprint density at radius 1 is 1.36 bits per heavy atom. The van der Waals surface area contributed by atoms with E-state index in [0.717, 1.165) is 44.9 Å². The van der Waals surface area contributed by atoms with Gasteiger partial charge in [-0.2, -0.15) is 0 Å². The third kappa shape index (κ3) is 9.02. The van der Waals surface area contributed by atoms with E-state index in [1.165, 1.54) is 7.11 Å². The first kappa shape index (κ1) is 21.6. The first-order valence-corrected chi connectivity index (χ1v) is 9.38. The van der Waals surface area contributed by atoms with Crippen molar-refractivity contribution in [3.63, 3.8) is 0 Å². The number of ether oxygens (including phenoxy) is 2. The lowest BCUT2D eigenvalue weighted by Gasteiger charge is -2.22. The molecule has 0 aromatic rings. The fourth-order valence-electron chi connectivity index (χ4n) is 2.90. The summed E-state index contributed by atoms with van der Waals surface area (Å²) in [6.07, 6.45) is 10.5. The van der Waals surface area contributed by atoms with Crippen LogP contribution < -0.4 is 0 Å². The van der Waals surface area contributed by atoms with Crippen molar-refractivity contribution in [2.24, 2.45) is 0 Å². The predicted molar refractivity (Wildman–Crippen MR) is 96.1 cm³/mol. The smallest absolute Gasteiger partial charge is 0.331 e. The van der Waals surface area contributed by atoms with Crippen LogP contribution in [0.3, 0.4) is 0 Å². The standard InChI is InChI=1S/C19H33NO5/c1-3-4-5-8-17(21)11-9-16-10-12-18(22)20(16)13-6-7-14-25-15-19(23)24-2/h9,11,16-17,21H,3-8,10,12-15H2,1-2H3/b11-9+/t16-,17-/m0/s1. The van der Waals surface area contributed by atoms with Gasteiger partial charge in [0.1, 0.15) is 6.61 Å². The molecule has 1 heterocycles. The van der Waals surface area contributed by atoms with E-state index in [2.05, 4.69) is 11.7 Å². The number of carbonyl (C=O) groups is 2. The van der Waals surface area contributed by atoms with Crippen LogP contribution in [0.2, 0.25) is 0 Å². The van der Waals surface area contributed by atoms with Gasteiger partial charge in [-0.25, -0.2) is 4.79 Å². The second-order valence-corrected chi connectivity index (χ2v) is 6.48.